The van der Waals surface area contributed by atoms with Gasteiger partial charge in [-0.15, -0.1) is 0 Å². The first-order chi connectivity index (χ1) is 14.6. The Labute approximate surface area is 194 Å². The number of hydrogen-bond donors (Lipinski definition) is 0. The lowest BCUT2D eigenvalue weighted by Crippen LogP contribution is -2.66. The molecular weight excluding hydrogens is 469 g/mol. The normalized spacial score (nSPS) is 12.1. The van der Waals surface area contributed by atoms with E-state index < -0.39 is 35.9 Å². The first kappa shape index (κ1) is 25.1. The first-order valence-electron chi connectivity index (χ1n) is 10.4. The molecule has 0 aromatic heterocycles. The average molecular weight is 503 g/mol. The number of hydrogen-bond acceptors (Lipinski definition) is 3. The molecule has 160 valence electrons. The zero-order chi connectivity index (χ0) is 21.7. The highest BCUT2D eigenvalue weighted by Crippen LogP contribution is 2.06. The minimum Gasteiger partial charge on any atom is -0.466 e. The van der Waals surface area contributed by atoms with Crippen molar-refractivity contribution in [2.24, 2.45) is 0 Å². The fourth-order valence-electron chi connectivity index (χ4n) is 3.09. The molecule has 3 aromatic carbocycles. The van der Waals surface area contributed by atoms with Crippen LogP contribution >= 0.6 is 0 Å². The van der Waals surface area contributed by atoms with Crippen LogP contribution in [0.2, 0.25) is 13.1 Å². The van der Waals surface area contributed by atoms with Crippen molar-refractivity contribution >= 4 is 67.3 Å². The topological polar surface area (TPSA) is 27.7 Å². The van der Waals surface area contributed by atoms with Crippen molar-refractivity contribution in [3.05, 3.63) is 96.6 Å². The molecule has 0 aliphatic carbocycles. The molecule has 0 unspecified atom stereocenters. The van der Waals surface area contributed by atoms with E-state index in [0.29, 0.717) is 0 Å². The van der Waals surface area contributed by atoms with Gasteiger partial charge in [-0.3, -0.25) is 0 Å². The van der Waals surface area contributed by atoms with Gasteiger partial charge in [-0.2, -0.15) is 0 Å². The molecule has 0 amide bonds. The maximum absolute atomic E-state index is 6.44. The van der Waals surface area contributed by atoms with E-state index in [-0.39, 0.29) is 0 Å². The summed E-state index contributed by atoms with van der Waals surface area (Å²) in [5, 5.41) is 2.72. The molecular formula is C21H34O3Si6. The largest absolute Gasteiger partial charge is 0.466 e. The molecule has 0 atom stereocenters. The van der Waals surface area contributed by atoms with Gasteiger partial charge in [0.25, 0.3) is 7.83 Å². The van der Waals surface area contributed by atoms with Gasteiger partial charge in [-0.25, -0.2) is 0 Å². The maximum Gasteiger partial charge on any atom is 0.252 e. The van der Waals surface area contributed by atoms with E-state index in [4.69, 9.17) is 12.3 Å². The van der Waals surface area contributed by atoms with E-state index in [0.717, 1.165) is 27.0 Å². The first-order valence-corrected chi connectivity index (χ1v) is 21.2. The summed E-state index contributed by atoms with van der Waals surface area (Å²) in [6.07, 6.45) is 0. The van der Waals surface area contributed by atoms with Crippen LogP contribution in [0.4, 0.5) is 0 Å². The van der Waals surface area contributed by atoms with Gasteiger partial charge in [-0.1, -0.05) is 91.0 Å². The van der Waals surface area contributed by atoms with Crippen molar-refractivity contribution in [3.8, 4) is 0 Å². The van der Waals surface area contributed by atoms with E-state index in [2.05, 4.69) is 104 Å². The summed E-state index contributed by atoms with van der Waals surface area (Å²) in [4.78, 5) is 0. The van der Waals surface area contributed by atoms with Crippen LogP contribution in [0.3, 0.4) is 0 Å². The minimum absolute atomic E-state index is 0.554. The lowest BCUT2D eigenvalue weighted by atomic mass is 10.2. The summed E-state index contributed by atoms with van der Waals surface area (Å²) in [5.74, 6) is 0. The summed E-state index contributed by atoms with van der Waals surface area (Å²) in [5.41, 5.74) is 1.39. The Bertz CT molecular complexity index is 782. The summed E-state index contributed by atoms with van der Waals surface area (Å²) < 4.78 is 17.9. The van der Waals surface area contributed by atoms with Gasteiger partial charge in [-0.05, 0) is 35.1 Å². The maximum atomic E-state index is 6.44. The second-order valence-electron chi connectivity index (χ2n) is 7.34. The molecule has 0 saturated heterocycles. The SMILES string of the molecule is C[SiH](C)O[SiH3].[SiH3]O[Si]([SiH2]O[SiH2]Cc1ccccc1)(c1ccccc1)c1ccccc1. The summed E-state index contributed by atoms with van der Waals surface area (Å²) in [6, 6.07) is 33.3. The minimum atomic E-state index is -2.15. The quantitative estimate of drug-likeness (QED) is 0.283. The highest BCUT2D eigenvalue weighted by Gasteiger charge is 2.38. The molecule has 0 radical (unpaired) electrons. The monoisotopic (exact) mass is 502 g/mol. The fraction of sp³-hybridized carbons (Fsp3) is 0.143. The average Bonchev–Trinajstić information content (AvgIpc) is 2.82. The molecule has 30 heavy (non-hydrogen) atoms. The van der Waals surface area contributed by atoms with E-state index in [1.807, 2.05) is 0 Å². The summed E-state index contributed by atoms with van der Waals surface area (Å²) in [6.45, 7) is 4.35. The molecule has 0 aliphatic heterocycles. The van der Waals surface area contributed by atoms with Crippen LogP contribution in [0.25, 0.3) is 0 Å². The predicted octanol–water partition coefficient (Wildman–Crippen LogP) is -0.809. The number of rotatable bonds is 9. The second-order valence-corrected chi connectivity index (χ2v) is 22.4. The van der Waals surface area contributed by atoms with E-state index in [1.54, 1.807) is 0 Å². The van der Waals surface area contributed by atoms with Crippen molar-refractivity contribution in [2.45, 2.75) is 19.1 Å². The third kappa shape index (κ3) is 7.83. The highest BCUT2D eigenvalue weighted by atomic mass is 29.2. The Morgan fingerprint density at radius 1 is 0.767 bits per heavy atom. The lowest BCUT2D eigenvalue weighted by Gasteiger charge is -2.31. The van der Waals surface area contributed by atoms with Crippen molar-refractivity contribution in [1.82, 2.24) is 0 Å². The smallest absolute Gasteiger partial charge is 0.252 e. The Hall–Kier alpha value is -1.16. The van der Waals surface area contributed by atoms with Crippen LogP contribution in [0, 0.1) is 0 Å². The van der Waals surface area contributed by atoms with E-state index in [9.17, 15) is 0 Å². The van der Waals surface area contributed by atoms with Crippen LogP contribution in [-0.4, -0.2) is 56.9 Å². The second kappa shape index (κ2) is 14.0. The zero-order valence-corrected chi connectivity index (χ0v) is 27.6. The van der Waals surface area contributed by atoms with Gasteiger partial charge >= 0.3 is 0 Å². The molecule has 0 bridgehead atoms. The lowest BCUT2D eigenvalue weighted by molar-refractivity contribution is 0.611. The standard InChI is InChI=1S/C19H24O2Si4.C2H10OSi2/c22-20-25(18-12-6-2-7-13-18,19-14-8-3-9-15-19)24-21-23-16-17-10-4-1-5-11-17;1-5(2)3-4/h1-15H,16,23-24H2,22H3;5H,1-2,4H3. The molecule has 0 N–H and O–H groups in total. The Balaban J connectivity index is 0.000000575. The van der Waals surface area contributed by atoms with Crippen molar-refractivity contribution in [1.29, 1.82) is 0 Å². The molecule has 9 heteroatoms. The van der Waals surface area contributed by atoms with Crippen LogP contribution in [0.1, 0.15) is 5.56 Å². The summed E-state index contributed by atoms with van der Waals surface area (Å²) in [7, 11) is -2.39. The highest BCUT2D eigenvalue weighted by molar-refractivity contribution is 7.33. The zero-order valence-electron chi connectivity index (χ0n) is 18.6. The van der Waals surface area contributed by atoms with Gasteiger partial charge in [0.15, 0.2) is 18.3 Å². The van der Waals surface area contributed by atoms with Gasteiger partial charge in [0.2, 0.25) is 0 Å². The van der Waals surface area contributed by atoms with Crippen LogP contribution in [-0.2, 0) is 18.4 Å². The van der Waals surface area contributed by atoms with Crippen LogP contribution < -0.4 is 10.4 Å². The Morgan fingerprint density at radius 2 is 1.20 bits per heavy atom. The third-order valence-corrected chi connectivity index (χ3v) is 25.3. The van der Waals surface area contributed by atoms with E-state index in [1.165, 1.54) is 15.9 Å². The molecule has 3 nitrogen and oxygen atoms in total. The van der Waals surface area contributed by atoms with Crippen molar-refractivity contribution in [2.75, 3.05) is 0 Å². The third-order valence-electron chi connectivity index (χ3n) is 4.98. The molecule has 0 fully saturated rings. The molecule has 0 heterocycles. The van der Waals surface area contributed by atoms with Gasteiger partial charge in [0.05, 0.1) is 0 Å². The molecule has 0 aliphatic rings. The van der Waals surface area contributed by atoms with Crippen molar-refractivity contribution < 1.29 is 12.3 Å². The molecule has 3 aromatic rings. The number of benzene rings is 3. The molecule has 0 spiro atoms. The molecule has 0 saturated carbocycles. The Morgan fingerprint density at radius 3 is 1.60 bits per heavy atom. The van der Waals surface area contributed by atoms with Gasteiger partial charge in [0.1, 0.15) is 30.7 Å². The predicted molar refractivity (Wildman–Crippen MR) is 147 cm³/mol. The van der Waals surface area contributed by atoms with E-state index >= 15 is 0 Å². The fourth-order valence-corrected chi connectivity index (χ4v) is 17.8. The van der Waals surface area contributed by atoms with Gasteiger partial charge in [0, 0.05) is 0 Å². The van der Waals surface area contributed by atoms with Crippen molar-refractivity contribution in [3.63, 3.8) is 0 Å². The van der Waals surface area contributed by atoms with Crippen LogP contribution in [0.15, 0.2) is 91.0 Å². The summed E-state index contributed by atoms with van der Waals surface area (Å²) >= 11 is 0. The van der Waals surface area contributed by atoms with Crippen LogP contribution in [0.5, 0.6) is 0 Å². The van der Waals surface area contributed by atoms with Gasteiger partial charge < -0.3 is 12.3 Å². The Kier molecular flexibility index (Phi) is 11.7. The molecule has 3 rings (SSSR count).